The summed E-state index contributed by atoms with van der Waals surface area (Å²) in [5, 5.41) is 0. The lowest BCUT2D eigenvalue weighted by atomic mass is 9.94. The van der Waals surface area contributed by atoms with E-state index < -0.39 is 10.2 Å². The normalized spacial score (nSPS) is 29.4. The highest BCUT2D eigenvalue weighted by molar-refractivity contribution is 7.87. The molecule has 0 aliphatic heterocycles. The molecule has 106 valence electrons. The molecule has 6 nitrogen and oxygen atoms in total. The molecule has 0 heterocycles. The molecule has 0 radical (unpaired) electrons. The van der Waals surface area contributed by atoms with Crippen molar-refractivity contribution in [3.8, 4) is 0 Å². The van der Waals surface area contributed by atoms with Gasteiger partial charge in [-0.2, -0.15) is 17.9 Å². The first-order chi connectivity index (χ1) is 8.55. The smallest absolute Gasteiger partial charge is 0.277 e. The molecule has 7 heteroatoms. The number of ether oxygens (including phenoxy) is 1. The van der Waals surface area contributed by atoms with Crippen LogP contribution in [0, 0.1) is 0 Å². The van der Waals surface area contributed by atoms with Crippen LogP contribution in [0.3, 0.4) is 0 Å². The summed E-state index contributed by atoms with van der Waals surface area (Å²) < 4.78 is 33.7. The van der Waals surface area contributed by atoms with Gasteiger partial charge in [0.25, 0.3) is 10.2 Å². The van der Waals surface area contributed by atoms with Crippen molar-refractivity contribution < 1.29 is 13.2 Å². The minimum absolute atomic E-state index is 0.142. The van der Waals surface area contributed by atoms with Gasteiger partial charge in [0.1, 0.15) is 0 Å². The molecule has 0 bridgehead atoms. The van der Waals surface area contributed by atoms with Crippen LogP contribution in [0.15, 0.2) is 0 Å². The highest BCUT2D eigenvalue weighted by Gasteiger charge is 2.26. The Balaban J connectivity index is 1.55. The molecule has 0 aromatic heterocycles. The number of nitrogens with two attached hydrogens (primary N) is 1. The molecule has 2 rings (SSSR count). The van der Waals surface area contributed by atoms with E-state index in [1.807, 2.05) is 0 Å². The van der Waals surface area contributed by atoms with Crippen molar-refractivity contribution in [2.24, 2.45) is 5.73 Å². The Bertz CT molecular complexity index is 349. The molecule has 0 aromatic carbocycles. The van der Waals surface area contributed by atoms with E-state index in [-0.39, 0.29) is 12.1 Å². The van der Waals surface area contributed by atoms with Crippen LogP contribution in [0.5, 0.6) is 0 Å². The van der Waals surface area contributed by atoms with Gasteiger partial charge < -0.3 is 10.5 Å². The van der Waals surface area contributed by atoms with Crippen molar-refractivity contribution in [2.45, 2.75) is 56.7 Å². The molecule has 4 N–H and O–H groups in total. The van der Waals surface area contributed by atoms with Crippen LogP contribution in [-0.4, -0.2) is 39.8 Å². The first-order valence-corrected chi connectivity index (χ1v) is 8.17. The molecule has 0 aromatic rings. The topological polar surface area (TPSA) is 93.4 Å². The fourth-order valence-corrected chi connectivity index (χ4v) is 3.23. The Hall–Kier alpha value is -0.210. The first-order valence-electron chi connectivity index (χ1n) is 6.69. The van der Waals surface area contributed by atoms with E-state index in [1.165, 1.54) is 0 Å². The van der Waals surface area contributed by atoms with Gasteiger partial charge in [0.05, 0.1) is 12.7 Å². The number of hydrogen-bond acceptors (Lipinski definition) is 4. The van der Waals surface area contributed by atoms with Crippen LogP contribution >= 0.6 is 0 Å². The zero-order valence-corrected chi connectivity index (χ0v) is 11.4. The molecule has 0 atom stereocenters. The third-order valence-corrected chi connectivity index (χ3v) is 4.59. The van der Waals surface area contributed by atoms with E-state index in [2.05, 4.69) is 9.44 Å². The minimum Gasteiger partial charge on any atom is -0.377 e. The van der Waals surface area contributed by atoms with Gasteiger partial charge in [-0.25, -0.2) is 0 Å². The van der Waals surface area contributed by atoms with Gasteiger partial charge in [-0.15, -0.1) is 0 Å². The van der Waals surface area contributed by atoms with Crippen molar-refractivity contribution in [2.75, 3.05) is 13.2 Å². The molecule has 2 aliphatic carbocycles. The maximum absolute atomic E-state index is 11.5. The molecule has 0 spiro atoms. The third kappa shape index (κ3) is 5.19. The number of nitrogens with one attached hydrogen (secondary N) is 2. The van der Waals surface area contributed by atoms with Gasteiger partial charge in [0.2, 0.25) is 0 Å². The van der Waals surface area contributed by atoms with Crippen LogP contribution < -0.4 is 15.2 Å². The van der Waals surface area contributed by atoms with Gasteiger partial charge in [-0.1, -0.05) is 0 Å². The minimum atomic E-state index is -3.33. The summed E-state index contributed by atoms with van der Waals surface area (Å²) in [6.07, 6.45) is 6.09. The summed E-state index contributed by atoms with van der Waals surface area (Å²) >= 11 is 0. The number of hydrogen-bond donors (Lipinski definition) is 3. The standard InChI is InChI=1S/C11H23N3O3S/c12-9-1-5-11(6-2-9)17-8-7-13-18(15,16)14-10-3-4-10/h9-11,13-14H,1-8,12H2. The summed E-state index contributed by atoms with van der Waals surface area (Å²) in [6.45, 7) is 0.746. The maximum atomic E-state index is 11.5. The molecule has 0 saturated heterocycles. The molecular weight excluding hydrogens is 254 g/mol. The second kappa shape index (κ2) is 6.29. The summed E-state index contributed by atoms with van der Waals surface area (Å²) in [6, 6.07) is 0.453. The first kappa shape index (κ1) is 14.2. The van der Waals surface area contributed by atoms with E-state index in [0.717, 1.165) is 38.5 Å². The average Bonchev–Trinajstić information content (AvgIpc) is 3.10. The summed E-state index contributed by atoms with van der Waals surface area (Å²) in [5.74, 6) is 0. The molecule has 2 aliphatic rings. The van der Waals surface area contributed by atoms with E-state index >= 15 is 0 Å². The van der Waals surface area contributed by atoms with E-state index in [0.29, 0.717) is 19.2 Å². The SMILES string of the molecule is NC1CCC(OCCNS(=O)(=O)NC2CC2)CC1. The van der Waals surface area contributed by atoms with Crippen molar-refractivity contribution >= 4 is 10.2 Å². The highest BCUT2D eigenvalue weighted by atomic mass is 32.2. The van der Waals surface area contributed by atoms with Crippen molar-refractivity contribution in [1.82, 2.24) is 9.44 Å². The Labute approximate surface area is 109 Å². The van der Waals surface area contributed by atoms with Crippen molar-refractivity contribution in [3.63, 3.8) is 0 Å². The van der Waals surface area contributed by atoms with Crippen LogP contribution in [0.2, 0.25) is 0 Å². The van der Waals surface area contributed by atoms with E-state index in [4.69, 9.17) is 10.5 Å². The lowest BCUT2D eigenvalue weighted by molar-refractivity contribution is 0.0287. The Morgan fingerprint density at radius 2 is 1.78 bits per heavy atom. The second-order valence-corrected chi connectivity index (χ2v) is 6.73. The lowest BCUT2D eigenvalue weighted by Gasteiger charge is -2.26. The molecule has 2 fully saturated rings. The summed E-state index contributed by atoms with van der Waals surface area (Å²) in [5.41, 5.74) is 5.81. The van der Waals surface area contributed by atoms with Crippen LogP contribution in [-0.2, 0) is 14.9 Å². The van der Waals surface area contributed by atoms with E-state index in [9.17, 15) is 8.42 Å². The highest BCUT2D eigenvalue weighted by Crippen LogP contribution is 2.20. The maximum Gasteiger partial charge on any atom is 0.277 e. The fourth-order valence-electron chi connectivity index (χ4n) is 2.12. The molecule has 2 saturated carbocycles. The Morgan fingerprint density at radius 1 is 1.11 bits per heavy atom. The van der Waals surface area contributed by atoms with Crippen LogP contribution in [0.25, 0.3) is 0 Å². The van der Waals surface area contributed by atoms with Crippen molar-refractivity contribution in [3.05, 3.63) is 0 Å². The molecule has 0 amide bonds. The summed E-state index contributed by atoms with van der Waals surface area (Å²) in [4.78, 5) is 0. The third-order valence-electron chi connectivity index (χ3n) is 3.37. The van der Waals surface area contributed by atoms with Gasteiger partial charge in [0.15, 0.2) is 0 Å². The fraction of sp³-hybridized carbons (Fsp3) is 1.00. The van der Waals surface area contributed by atoms with E-state index in [1.54, 1.807) is 0 Å². The second-order valence-electron chi connectivity index (χ2n) is 5.20. The largest absolute Gasteiger partial charge is 0.377 e. The quantitative estimate of drug-likeness (QED) is 0.565. The van der Waals surface area contributed by atoms with Crippen LogP contribution in [0.4, 0.5) is 0 Å². The summed E-state index contributed by atoms with van der Waals surface area (Å²) in [7, 11) is -3.33. The molecule has 0 unspecified atom stereocenters. The lowest BCUT2D eigenvalue weighted by Crippen LogP contribution is -2.40. The Morgan fingerprint density at radius 3 is 2.39 bits per heavy atom. The average molecular weight is 277 g/mol. The van der Waals surface area contributed by atoms with Gasteiger partial charge in [-0.05, 0) is 38.5 Å². The van der Waals surface area contributed by atoms with Crippen molar-refractivity contribution in [1.29, 1.82) is 0 Å². The monoisotopic (exact) mass is 277 g/mol. The predicted octanol–water partition coefficient (Wildman–Crippen LogP) is -0.141. The molecule has 18 heavy (non-hydrogen) atoms. The van der Waals surface area contributed by atoms with Gasteiger partial charge in [0, 0.05) is 18.6 Å². The molecular formula is C11H23N3O3S. The number of rotatable bonds is 7. The zero-order chi connectivity index (χ0) is 13.0. The Kier molecular flexibility index (Phi) is 4.97. The predicted molar refractivity (Wildman–Crippen MR) is 69.3 cm³/mol. The van der Waals surface area contributed by atoms with Gasteiger partial charge in [-0.3, -0.25) is 0 Å². The van der Waals surface area contributed by atoms with Crippen LogP contribution in [0.1, 0.15) is 38.5 Å². The van der Waals surface area contributed by atoms with Gasteiger partial charge >= 0.3 is 0 Å². The zero-order valence-electron chi connectivity index (χ0n) is 10.6.